The molecular weight excluding hydrogens is 312 g/mol. The van der Waals surface area contributed by atoms with Crippen LogP contribution in [0.15, 0.2) is 34.9 Å². The summed E-state index contributed by atoms with van der Waals surface area (Å²) in [5.41, 5.74) is 5.71. The fourth-order valence-electron chi connectivity index (χ4n) is 3.65. The number of fused-ring (bicyclic) bond motifs is 1. The summed E-state index contributed by atoms with van der Waals surface area (Å²) in [5, 5.41) is 5.31. The number of piperazine rings is 1. The summed E-state index contributed by atoms with van der Waals surface area (Å²) in [6, 6.07) is 10.6. The lowest BCUT2D eigenvalue weighted by Crippen LogP contribution is -2.46. The van der Waals surface area contributed by atoms with E-state index in [9.17, 15) is 0 Å². The number of benzene rings is 1. The first kappa shape index (κ1) is 16.1. The van der Waals surface area contributed by atoms with Crippen LogP contribution >= 0.6 is 0 Å². The zero-order valence-electron chi connectivity index (χ0n) is 15.1. The van der Waals surface area contributed by atoms with Crippen molar-refractivity contribution in [1.82, 2.24) is 15.0 Å². The van der Waals surface area contributed by atoms with Crippen molar-refractivity contribution in [1.29, 1.82) is 0 Å². The summed E-state index contributed by atoms with van der Waals surface area (Å²) < 4.78 is 5.29. The molecule has 0 N–H and O–H groups in total. The lowest BCUT2D eigenvalue weighted by atomic mass is 10.1. The zero-order valence-corrected chi connectivity index (χ0v) is 15.1. The average molecular weight is 336 g/mol. The largest absolute Gasteiger partial charge is 0.368 e. The van der Waals surface area contributed by atoms with Gasteiger partial charge in [-0.15, -0.1) is 0 Å². The maximum atomic E-state index is 5.29. The predicted octanol–water partition coefficient (Wildman–Crippen LogP) is 3.47. The van der Waals surface area contributed by atoms with Crippen LogP contribution in [0.2, 0.25) is 0 Å². The van der Waals surface area contributed by atoms with Crippen LogP contribution in [0.3, 0.4) is 0 Å². The molecule has 2 aromatic heterocycles. The molecule has 1 fully saturated rings. The first-order chi connectivity index (χ1) is 12.1. The summed E-state index contributed by atoms with van der Waals surface area (Å²) in [4.78, 5) is 9.63. The van der Waals surface area contributed by atoms with Gasteiger partial charge in [0.15, 0.2) is 0 Å². The van der Waals surface area contributed by atoms with Gasteiger partial charge in [-0.3, -0.25) is 9.88 Å². The molecular formula is C20H24N4O. The number of rotatable bonds is 3. The summed E-state index contributed by atoms with van der Waals surface area (Å²) in [7, 11) is 0. The van der Waals surface area contributed by atoms with Crippen molar-refractivity contribution >= 4 is 16.6 Å². The lowest BCUT2D eigenvalue weighted by molar-refractivity contribution is 0.248. The Balaban J connectivity index is 1.51. The van der Waals surface area contributed by atoms with E-state index in [-0.39, 0.29) is 0 Å². The molecule has 4 rings (SSSR count). The van der Waals surface area contributed by atoms with Crippen LogP contribution in [-0.4, -0.2) is 41.2 Å². The third-order valence-corrected chi connectivity index (χ3v) is 5.10. The molecule has 1 aliphatic rings. The summed E-state index contributed by atoms with van der Waals surface area (Å²) in [6.45, 7) is 11.1. The van der Waals surface area contributed by atoms with Crippen LogP contribution in [0.25, 0.3) is 10.9 Å². The van der Waals surface area contributed by atoms with Gasteiger partial charge in [0.2, 0.25) is 0 Å². The minimum atomic E-state index is 0.922. The van der Waals surface area contributed by atoms with E-state index < -0.39 is 0 Å². The van der Waals surface area contributed by atoms with Gasteiger partial charge in [0.1, 0.15) is 5.76 Å². The van der Waals surface area contributed by atoms with Gasteiger partial charge in [0, 0.05) is 55.1 Å². The Kier molecular flexibility index (Phi) is 4.17. The maximum absolute atomic E-state index is 5.29. The molecule has 130 valence electrons. The molecule has 1 aromatic carbocycles. The van der Waals surface area contributed by atoms with Crippen molar-refractivity contribution in [2.45, 2.75) is 27.3 Å². The average Bonchev–Trinajstić information content (AvgIpc) is 2.93. The lowest BCUT2D eigenvalue weighted by Gasteiger charge is -2.36. The molecule has 3 aromatic rings. The molecule has 0 saturated carbocycles. The third-order valence-electron chi connectivity index (χ3n) is 5.10. The van der Waals surface area contributed by atoms with Gasteiger partial charge in [0.25, 0.3) is 0 Å². The van der Waals surface area contributed by atoms with Gasteiger partial charge in [-0.2, -0.15) is 0 Å². The number of para-hydroxylation sites is 1. The Labute approximate surface area is 148 Å². The summed E-state index contributed by atoms with van der Waals surface area (Å²) in [6.07, 6.45) is 0. The standard InChI is InChI=1S/C20H24N4O/c1-14-12-20(17-6-4-5-7-19(17)21-14)24-10-8-23(9-11-24)13-18-15(2)22-25-16(18)3/h4-7,12H,8-11,13H2,1-3H3. The Morgan fingerprint density at radius 2 is 1.80 bits per heavy atom. The van der Waals surface area contributed by atoms with Crippen molar-refractivity contribution in [2.75, 3.05) is 31.1 Å². The molecule has 0 atom stereocenters. The quantitative estimate of drug-likeness (QED) is 0.733. The zero-order chi connectivity index (χ0) is 17.4. The minimum absolute atomic E-state index is 0.922. The predicted molar refractivity (Wildman–Crippen MR) is 99.9 cm³/mol. The van der Waals surface area contributed by atoms with Crippen LogP contribution in [0, 0.1) is 20.8 Å². The van der Waals surface area contributed by atoms with Gasteiger partial charge in [-0.25, -0.2) is 0 Å². The van der Waals surface area contributed by atoms with E-state index in [2.05, 4.69) is 57.2 Å². The third kappa shape index (κ3) is 3.12. The minimum Gasteiger partial charge on any atom is -0.368 e. The van der Waals surface area contributed by atoms with E-state index in [1.165, 1.54) is 16.6 Å². The first-order valence-electron chi connectivity index (χ1n) is 8.87. The number of anilines is 1. The van der Waals surface area contributed by atoms with E-state index in [1.807, 2.05) is 13.8 Å². The highest BCUT2D eigenvalue weighted by Crippen LogP contribution is 2.28. The van der Waals surface area contributed by atoms with Gasteiger partial charge in [-0.05, 0) is 32.9 Å². The van der Waals surface area contributed by atoms with Crippen molar-refractivity contribution in [2.24, 2.45) is 0 Å². The highest BCUT2D eigenvalue weighted by Gasteiger charge is 2.21. The van der Waals surface area contributed by atoms with E-state index in [4.69, 9.17) is 4.52 Å². The monoisotopic (exact) mass is 336 g/mol. The molecule has 5 nitrogen and oxygen atoms in total. The molecule has 1 aliphatic heterocycles. The van der Waals surface area contributed by atoms with E-state index in [0.717, 1.165) is 55.4 Å². The van der Waals surface area contributed by atoms with Crippen LogP contribution in [0.1, 0.15) is 22.7 Å². The van der Waals surface area contributed by atoms with Crippen LogP contribution < -0.4 is 4.90 Å². The van der Waals surface area contributed by atoms with Crippen molar-refractivity contribution in [3.8, 4) is 0 Å². The molecule has 0 unspecified atom stereocenters. The molecule has 5 heteroatoms. The molecule has 0 spiro atoms. The van der Waals surface area contributed by atoms with E-state index in [0.29, 0.717) is 0 Å². The van der Waals surface area contributed by atoms with Crippen LogP contribution in [-0.2, 0) is 6.54 Å². The fraction of sp³-hybridized carbons (Fsp3) is 0.400. The van der Waals surface area contributed by atoms with Crippen molar-refractivity contribution in [3.63, 3.8) is 0 Å². The molecule has 0 bridgehead atoms. The Bertz CT molecular complexity index is 874. The van der Waals surface area contributed by atoms with Crippen LogP contribution in [0.4, 0.5) is 5.69 Å². The molecule has 0 aliphatic carbocycles. The number of aryl methyl sites for hydroxylation is 3. The number of pyridine rings is 1. The number of hydrogen-bond donors (Lipinski definition) is 0. The summed E-state index contributed by atoms with van der Waals surface area (Å²) >= 11 is 0. The molecule has 0 radical (unpaired) electrons. The highest BCUT2D eigenvalue weighted by atomic mass is 16.5. The van der Waals surface area contributed by atoms with Crippen molar-refractivity contribution in [3.05, 3.63) is 53.0 Å². The normalized spacial score (nSPS) is 15.9. The van der Waals surface area contributed by atoms with E-state index >= 15 is 0 Å². The summed E-state index contributed by atoms with van der Waals surface area (Å²) in [5.74, 6) is 0.940. The van der Waals surface area contributed by atoms with Gasteiger partial charge in [0.05, 0.1) is 11.2 Å². The second-order valence-corrected chi connectivity index (χ2v) is 6.87. The Morgan fingerprint density at radius 1 is 1.04 bits per heavy atom. The Hall–Kier alpha value is -2.40. The second kappa shape index (κ2) is 6.48. The maximum Gasteiger partial charge on any atom is 0.138 e. The van der Waals surface area contributed by atoms with Gasteiger partial charge in [-0.1, -0.05) is 23.4 Å². The molecule has 3 heterocycles. The SMILES string of the molecule is Cc1cc(N2CCN(Cc3c(C)noc3C)CC2)c2ccccc2n1. The van der Waals surface area contributed by atoms with Gasteiger partial charge >= 0.3 is 0 Å². The highest BCUT2D eigenvalue weighted by molar-refractivity contribution is 5.92. The smallest absolute Gasteiger partial charge is 0.138 e. The Morgan fingerprint density at radius 3 is 2.52 bits per heavy atom. The number of hydrogen-bond acceptors (Lipinski definition) is 5. The fourth-order valence-corrected chi connectivity index (χ4v) is 3.65. The molecule has 0 amide bonds. The van der Waals surface area contributed by atoms with E-state index in [1.54, 1.807) is 0 Å². The van der Waals surface area contributed by atoms with Crippen LogP contribution in [0.5, 0.6) is 0 Å². The molecule has 1 saturated heterocycles. The second-order valence-electron chi connectivity index (χ2n) is 6.87. The molecule has 25 heavy (non-hydrogen) atoms. The topological polar surface area (TPSA) is 45.4 Å². The number of aromatic nitrogens is 2. The van der Waals surface area contributed by atoms with Gasteiger partial charge < -0.3 is 9.42 Å². The first-order valence-corrected chi connectivity index (χ1v) is 8.87. The number of nitrogens with zero attached hydrogens (tertiary/aromatic N) is 4. The van der Waals surface area contributed by atoms with Crippen molar-refractivity contribution < 1.29 is 4.52 Å².